The molecule has 3 aromatic carbocycles. The van der Waals surface area contributed by atoms with Crippen LogP contribution in [0.1, 0.15) is 91.8 Å². The van der Waals surface area contributed by atoms with Crippen LogP contribution >= 0.6 is 0 Å². The molecule has 2 amide bonds. The van der Waals surface area contributed by atoms with E-state index in [1.807, 2.05) is 47.6 Å². The van der Waals surface area contributed by atoms with E-state index in [9.17, 15) is 9.59 Å². The SMILES string of the molecule is CCCCN(Cc1nc2ccc(-c3ccc4c(ccc5[nH]c([C@@H]6CCCN6C(=O)OC(C)(C)C)nc54)c3)cc2[nH]1)C(=O)OC(C)(C)C. The van der Waals surface area contributed by atoms with E-state index in [4.69, 9.17) is 19.4 Å². The Kier molecular flexibility index (Phi) is 8.63. The number of aromatic nitrogens is 4. The number of carbonyl (C=O) groups is 2. The van der Waals surface area contributed by atoms with Gasteiger partial charge in [-0.25, -0.2) is 19.6 Å². The van der Waals surface area contributed by atoms with Crippen molar-refractivity contribution in [1.29, 1.82) is 0 Å². The van der Waals surface area contributed by atoms with Gasteiger partial charge in [-0.1, -0.05) is 37.6 Å². The summed E-state index contributed by atoms with van der Waals surface area (Å²) in [4.78, 5) is 46.0. The second-order valence-electron chi connectivity index (χ2n) is 14.5. The predicted octanol–water partition coefficient (Wildman–Crippen LogP) is 8.87. The van der Waals surface area contributed by atoms with Crippen molar-refractivity contribution in [3.05, 3.63) is 60.2 Å². The summed E-state index contributed by atoms with van der Waals surface area (Å²) in [5.41, 5.74) is 4.63. The van der Waals surface area contributed by atoms with Gasteiger partial charge in [0.15, 0.2) is 0 Å². The van der Waals surface area contributed by atoms with E-state index < -0.39 is 11.2 Å². The van der Waals surface area contributed by atoms with Crippen molar-refractivity contribution in [2.75, 3.05) is 13.1 Å². The first kappa shape index (κ1) is 32.3. The molecule has 6 rings (SSSR count). The van der Waals surface area contributed by atoms with E-state index in [-0.39, 0.29) is 18.2 Å². The van der Waals surface area contributed by atoms with E-state index in [0.29, 0.717) is 19.6 Å². The largest absolute Gasteiger partial charge is 0.444 e. The lowest BCUT2D eigenvalue weighted by Gasteiger charge is -2.27. The Bertz CT molecular complexity index is 1930. The second kappa shape index (κ2) is 12.5. The van der Waals surface area contributed by atoms with Crippen LogP contribution in [0.4, 0.5) is 9.59 Å². The number of benzene rings is 3. The van der Waals surface area contributed by atoms with Crippen molar-refractivity contribution in [2.45, 2.75) is 97.9 Å². The highest BCUT2D eigenvalue weighted by Crippen LogP contribution is 2.35. The number of likely N-dealkylation sites (tertiary alicyclic amines) is 1. The second-order valence-corrected chi connectivity index (χ2v) is 14.5. The molecule has 10 heteroatoms. The molecule has 0 aliphatic carbocycles. The first-order valence-corrected chi connectivity index (χ1v) is 16.7. The molecular formula is C37H46N6O4. The number of unbranched alkanes of at least 4 members (excludes halogenated alkanes) is 1. The molecule has 0 radical (unpaired) electrons. The lowest BCUT2D eigenvalue weighted by Crippen LogP contribution is -2.37. The molecule has 3 heterocycles. The Hall–Kier alpha value is -4.60. The maximum absolute atomic E-state index is 12.9. The van der Waals surface area contributed by atoms with Gasteiger partial charge in [0.2, 0.25) is 0 Å². The first-order valence-electron chi connectivity index (χ1n) is 16.7. The van der Waals surface area contributed by atoms with Crippen molar-refractivity contribution < 1.29 is 19.1 Å². The number of hydrogen-bond acceptors (Lipinski definition) is 6. The van der Waals surface area contributed by atoms with Crippen LogP contribution in [0.2, 0.25) is 0 Å². The predicted molar refractivity (Wildman–Crippen MR) is 185 cm³/mol. The van der Waals surface area contributed by atoms with Crippen LogP contribution in [0.3, 0.4) is 0 Å². The Morgan fingerprint density at radius 3 is 2.40 bits per heavy atom. The molecule has 1 aliphatic rings. The third kappa shape index (κ3) is 7.21. The molecule has 1 aliphatic heterocycles. The van der Waals surface area contributed by atoms with Gasteiger partial charge in [0.05, 0.1) is 34.7 Å². The third-order valence-electron chi connectivity index (χ3n) is 8.32. The molecule has 1 fully saturated rings. The zero-order valence-corrected chi connectivity index (χ0v) is 28.6. The van der Waals surface area contributed by atoms with E-state index in [2.05, 4.69) is 59.4 Å². The van der Waals surface area contributed by atoms with E-state index >= 15 is 0 Å². The maximum Gasteiger partial charge on any atom is 0.410 e. The maximum atomic E-state index is 12.9. The van der Waals surface area contributed by atoms with E-state index in [1.165, 1.54) is 0 Å². The van der Waals surface area contributed by atoms with Crippen molar-refractivity contribution in [3.63, 3.8) is 0 Å². The Balaban J connectivity index is 1.24. The summed E-state index contributed by atoms with van der Waals surface area (Å²) < 4.78 is 11.3. The van der Waals surface area contributed by atoms with Gasteiger partial charge in [0, 0.05) is 18.5 Å². The molecule has 1 saturated heterocycles. The minimum atomic E-state index is -0.561. The quantitative estimate of drug-likeness (QED) is 0.184. The molecule has 1 atom stereocenters. The van der Waals surface area contributed by atoms with Gasteiger partial charge in [0.1, 0.15) is 22.9 Å². The number of H-pyrrole nitrogens is 2. The number of nitrogens with zero attached hydrogens (tertiary/aromatic N) is 4. The summed E-state index contributed by atoms with van der Waals surface area (Å²) in [6.07, 6.45) is 3.00. The van der Waals surface area contributed by atoms with Gasteiger partial charge in [-0.2, -0.15) is 0 Å². The number of amides is 2. The molecule has 248 valence electrons. The van der Waals surface area contributed by atoms with Crippen LogP contribution in [-0.4, -0.2) is 66.2 Å². The highest BCUT2D eigenvalue weighted by atomic mass is 16.6. The van der Waals surface area contributed by atoms with E-state index in [0.717, 1.165) is 81.3 Å². The molecule has 0 bridgehead atoms. The zero-order chi connectivity index (χ0) is 33.5. The monoisotopic (exact) mass is 638 g/mol. The van der Waals surface area contributed by atoms with Crippen LogP contribution in [0.15, 0.2) is 48.5 Å². The van der Waals surface area contributed by atoms with Gasteiger partial charge < -0.3 is 24.3 Å². The number of ether oxygens (including phenoxy) is 2. The molecule has 47 heavy (non-hydrogen) atoms. The number of fused-ring (bicyclic) bond motifs is 4. The minimum absolute atomic E-state index is 0.138. The average Bonchev–Trinajstić information content (AvgIpc) is 3.74. The fourth-order valence-electron chi connectivity index (χ4n) is 6.16. The minimum Gasteiger partial charge on any atom is -0.444 e. The molecular weight excluding hydrogens is 592 g/mol. The van der Waals surface area contributed by atoms with E-state index in [1.54, 1.807) is 9.80 Å². The molecule has 0 saturated carbocycles. The van der Waals surface area contributed by atoms with Gasteiger partial charge >= 0.3 is 12.2 Å². The zero-order valence-electron chi connectivity index (χ0n) is 28.6. The van der Waals surface area contributed by atoms with Crippen LogP contribution in [0, 0.1) is 0 Å². The third-order valence-corrected chi connectivity index (χ3v) is 8.32. The number of aromatic amines is 2. The summed E-state index contributed by atoms with van der Waals surface area (Å²) in [6, 6.07) is 16.6. The normalized spacial score (nSPS) is 15.6. The lowest BCUT2D eigenvalue weighted by molar-refractivity contribution is 0.0212. The van der Waals surface area contributed by atoms with Crippen molar-refractivity contribution in [1.82, 2.24) is 29.7 Å². The van der Waals surface area contributed by atoms with Crippen LogP contribution < -0.4 is 0 Å². The highest BCUT2D eigenvalue weighted by Gasteiger charge is 2.35. The summed E-state index contributed by atoms with van der Waals surface area (Å²) in [5, 5.41) is 2.13. The number of carbonyl (C=O) groups excluding carboxylic acids is 2. The highest BCUT2D eigenvalue weighted by molar-refractivity contribution is 6.05. The summed E-state index contributed by atoms with van der Waals surface area (Å²) in [7, 11) is 0. The smallest absolute Gasteiger partial charge is 0.410 e. The van der Waals surface area contributed by atoms with Crippen LogP contribution in [-0.2, 0) is 16.0 Å². The fraction of sp³-hybridized carbons (Fsp3) is 0.459. The summed E-state index contributed by atoms with van der Waals surface area (Å²) in [5.74, 6) is 1.52. The first-order chi connectivity index (χ1) is 22.3. The Labute approximate surface area is 275 Å². The van der Waals surface area contributed by atoms with Gasteiger partial charge in [-0.05, 0) is 102 Å². The number of rotatable bonds is 7. The standard InChI is InChI=1S/C37H46N6O4/c1-8-9-18-42(34(44)46-36(2,3)4)22-31-38-27-16-13-24(21-29(27)39-31)23-12-15-26-25(20-23)14-17-28-32(26)41-33(40-28)30-11-10-19-43(30)35(45)47-37(5,6)7/h12-17,20-21,30H,8-11,18-19,22H2,1-7H3,(H,38,39)(H,40,41)/t30-/m0/s1. The van der Waals surface area contributed by atoms with Crippen LogP contribution in [0.25, 0.3) is 44.0 Å². The van der Waals surface area contributed by atoms with Crippen molar-refractivity contribution >= 4 is 45.0 Å². The van der Waals surface area contributed by atoms with Gasteiger partial charge in [-0.15, -0.1) is 0 Å². The number of hydrogen-bond donors (Lipinski definition) is 2. The van der Waals surface area contributed by atoms with Crippen LogP contribution in [0.5, 0.6) is 0 Å². The lowest BCUT2D eigenvalue weighted by atomic mass is 10.0. The molecule has 2 aromatic heterocycles. The average molecular weight is 639 g/mol. The molecule has 10 nitrogen and oxygen atoms in total. The fourth-order valence-corrected chi connectivity index (χ4v) is 6.16. The Morgan fingerprint density at radius 2 is 1.66 bits per heavy atom. The number of imidazole rings is 2. The topological polar surface area (TPSA) is 116 Å². The van der Waals surface area contributed by atoms with Gasteiger partial charge in [-0.3, -0.25) is 4.90 Å². The molecule has 2 N–H and O–H groups in total. The number of nitrogens with one attached hydrogen (secondary N) is 2. The summed E-state index contributed by atoms with van der Waals surface area (Å²) >= 11 is 0. The molecule has 0 unspecified atom stereocenters. The van der Waals surface area contributed by atoms with Crippen molar-refractivity contribution in [2.24, 2.45) is 0 Å². The van der Waals surface area contributed by atoms with Crippen molar-refractivity contribution in [3.8, 4) is 11.1 Å². The molecule has 5 aromatic rings. The Morgan fingerprint density at radius 1 is 0.915 bits per heavy atom. The summed E-state index contributed by atoms with van der Waals surface area (Å²) in [6.45, 7) is 15.0. The molecule has 0 spiro atoms. The van der Waals surface area contributed by atoms with Gasteiger partial charge in [0.25, 0.3) is 0 Å².